The maximum absolute atomic E-state index is 10.9. The normalized spacial score (nSPS) is 14.8. The summed E-state index contributed by atoms with van der Waals surface area (Å²) in [6, 6.07) is 0. The van der Waals surface area contributed by atoms with E-state index in [2.05, 4.69) is 9.65 Å². The number of nitrogens with one attached hydrogen (secondary N) is 1. The predicted octanol–water partition coefficient (Wildman–Crippen LogP) is -1.41. The third-order valence-electron chi connectivity index (χ3n) is 1.42. The van der Waals surface area contributed by atoms with E-state index in [9.17, 15) is 9.34 Å². The minimum absolute atomic E-state index is 0.144. The molecule has 0 aliphatic carbocycles. The Bertz CT molecular complexity index is 183. The summed E-state index contributed by atoms with van der Waals surface area (Å²) in [6.45, 7) is 5.55. The number of rotatable bonds is 3. The van der Waals surface area contributed by atoms with Crippen molar-refractivity contribution < 1.29 is 23.7 Å². The van der Waals surface area contributed by atoms with Gasteiger partial charge in [0.25, 0.3) is 0 Å². The van der Waals surface area contributed by atoms with Crippen LogP contribution in [0.1, 0.15) is 13.8 Å². The average Bonchev–Trinajstić information content (AvgIpc) is 2.20. The van der Waals surface area contributed by atoms with E-state index in [1.807, 2.05) is 18.7 Å². The van der Waals surface area contributed by atoms with Crippen molar-refractivity contribution in [2.45, 2.75) is 13.8 Å². The summed E-state index contributed by atoms with van der Waals surface area (Å²) >= 11 is 1.92. The molecule has 88 valence electrons. The molecule has 1 N–H and O–H groups in total. The topological polar surface area (TPSA) is 55.5 Å². The monoisotopic (exact) mass is 237 g/mol. The highest BCUT2D eigenvalue weighted by Gasteiger charge is 2.10. The molecule has 1 rings (SSSR count). The summed E-state index contributed by atoms with van der Waals surface area (Å²) in [4.78, 5) is 3.19. The van der Waals surface area contributed by atoms with Crippen molar-refractivity contribution in [3.05, 3.63) is 0 Å². The Hall–Kier alpha value is -0.265. The van der Waals surface area contributed by atoms with E-state index in [1.54, 1.807) is 6.92 Å². The van der Waals surface area contributed by atoms with Crippen molar-refractivity contribution in [2.75, 3.05) is 31.3 Å². The Morgan fingerprint density at radius 3 is 2.60 bits per heavy atom. The van der Waals surface area contributed by atoms with Gasteiger partial charge in [0.2, 0.25) is 0 Å². The molecule has 0 aromatic heterocycles. The molecule has 4 nitrogen and oxygen atoms in total. The third kappa shape index (κ3) is 10.0. The summed E-state index contributed by atoms with van der Waals surface area (Å²) in [5, 5.41) is 9.24. The maximum Gasteiger partial charge on any atom is 0.398 e. The zero-order chi connectivity index (χ0) is 11.5. The molecular weight excluding hydrogens is 220 g/mol. The Morgan fingerprint density at radius 1 is 1.53 bits per heavy atom. The molecule has 0 saturated carbocycles. The summed E-state index contributed by atoms with van der Waals surface area (Å²) in [5.41, 5.74) is 0. The van der Waals surface area contributed by atoms with E-state index < -0.39 is 7.40 Å². The highest BCUT2D eigenvalue weighted by molar-refractivity contribution is 7.99. The molecule has 7 heteroatoms. The van der Waals surface area contributed by atoms with E-state index in [0.29, 0.717) is 0 Å². The molecule has 0 unspecified atom stereocenters. The van der Waals surface area contributed by atoms with E-state index in [1.165, 1.54) is 5.75 Å². The van der Waals surface area contributed by atoms with Gasteiger partial charge >= 0.3 is 13.3 Å². The van der Waals surface area contributed by atoms with E-state index in [-0.39, 0.29) is 6.61 Å². The van der Waals surface area contributed by atoms with E-state index >= 15 is 0 Å². The van der Waals surface area contributed by atoms with Crippen LogP contribution in [-0.4, -0.2) is 44.6 Å². The van der Waals surface area contributed by atoms with Crippen molar-refractivity contribution in [2.24, 2.45) is 0 Å². The van der Waals surface area contributed by atoms with Crippen LogP contribution in [0.3, 0.4) is 0 Å². The summed E-state index contributed by atoms with van der Waals surface area (Å²) in [5.74, 6) is 3.28. The first-order valence-electron chi connectivity index (χ1n) is 4.92. The first-order valence-corrected chi connectivity index (χ1v) is 6.07. The van der Waals surface area contributed by atoms with Crippen LogP contribution < -0.4 is 10.0 Å². The molecule has 0 fully saturated rings. The van der Waals surface area contributed by atoms with Gasteiger partial charge < -0.3 is 18.7 Å². The maximum atomic E-state index is 10.9. The lowest BCUT2D eigenvalue weighted by Crippen LogP contribution is -2.76. The number of ether oxygens (including phenoxy) is 1. The van der Waals surface area contributed by atoms with Gasteiger partial charge in [0.1, 0.15) is 5.75 Å². The minimum atomic E-state index is -2.35. The van der Waals surface area contributed by atoms with Gasteiger partial charge in [-0.3, -0.25) is 0 Å². The average molecular weight is 237 g/mol. The van der Waals surface area contributed by atoms with Gasteiger partial charge in [-0.15, -0.1) is 11.8 Å². The van der Waals surface area contributed by atoms with Crippen molar-refractivity contribution >= 4 is 25.1 Å². The van der Waals surface area contributed by atoms with Crippen molar-refractivity contribution in [1.29, 1.82) is 0 Å². The highest BCUT2D eigenvalue weighted by atomic mass is 32.2. The van der Waals surface area contributed by atoms with Gasteiger partial charge in [-0.2, -0.15) is 0 Å². The van der Waals surface area contributed by atoms with Crippen LogP contribution in [0, 0.1) is 0 Å². The van der Waals surface area contributed by atoms with E-state index in [0.717, 1.165) is 24.8 Å². The lowest BCUT2D eigenvalue weighted by molar-refractivity contribution is -0.463. The number of hydrogen-bond donors (Lipinski definition) is 1. The van der Waals surface area contributed by atoms with Crippen LogP contribution in [-0.2, 0) is 9.39 Å². The van der Waals surface area contributed by atoms with Crippen molar-refractivity contribution in [1.82, 2.24) is 0 Å². The molecule has 0 saturated heterocycles. The van der Waals surface area contributed by atoms with Crippen LogP contribution in [0.5, 0.6) is 0 Å². The largest absolute Gasteiger partial charge is 0.828 e. The molecule has 0 amide bonds. The summed E-state index contributed by atoms with van der Waals surface area (Å²) in [6.07, 6.45) is 0. The van der Waals surface area contributed by atoms with Gasteiger partial charge in [-0.25, -0.2) is 4.99 Å². The van der Waals surface area contributed by atoms with Crippen LogP contribution in [0.15, 0.2) is 0 Å². The Labute approximate surface area is 94.4 Å². The molecule has 1 heterocycles. The van der Waals surface area contributed by atoms with Gasteiger partial charge in [0, 0.05) is 6.61 Å². The second-order valence-electron chi connectivity index (χ2n) is 2.57. The first-order chi connectivity index (χ1) is 7.20. The first kappa shape index (κ1) is 14.7. The molecule has 0 spiro atoms. The quantitative estimate of drug-likeness (QED) is 0.612. The van der Waals surface area contributed by atoms with Crippen LogP contribution in [0.4, 0.5) is 4.32 Å². The Kier molecular flexibility index (Phi) is 10.1. The lowest BCUT2D eigenvalue weighted by atomic mass is 10.3. The second-order valence-corrected chi connectivity index (χ2v) is 3.67. The van der Waals surface area contributed by atoms with Crippen molar-refractivity contribution in [3.63, 3.8) is 0 Å². The summed E-state index contributed by atoms with van der Waals surface area (Å²) in [7, 11) is -2.35. The minimum Gasteiger partial charge on any atom is -0.828 e. The van der Waals surface area contributed by atoms with Gasteiger partial charge in [0.15, 0.2) is 6.54 Å². The molecule has 0 bridgehead atoms. The molecule has 1 aliphatic rings. The fraction of sp³-hybridized carbons (Fsp3) is 0.875. The number of halogens is 1. The van der Waals surface area contributed by atoms with Gasteiger partial charge in [-0.05, 0) is 13.8 Å². The van der Waals surface area contributed by atoms with Gasteiger partial charge in [-0.1, -0.05) is 0 Å². The molecule has 15 heavy (non-hydrogen) atoms. The van der Waals surface area contributed by atoms with Crippen LogP contribution in [0.2, 0.25) is 0 Å². The smallest absolute Gasteiger partial charge is 0.398 e. The Morgan fingerprint density at radius 2 is 2.27 bits per heavy atom. The number of hydrogen-bond acceptors (Lipinski definition) is 4. The standard InChI is InChI=1S/C6H11NOS.C2H5BFO2/c1-2-8-6-5-9-4-3-7-6;1-2-6-3(4)5/h2-5H2,1H3;2H2,1H3/q;-1/p+1. The molecule has 0 aromatic rings. The van der Waals surface area contributed by atoms with E-state index in [4.69, 9.17) is 4.74 Å². The molecule has 0 atom stereocenters. The zero-order valence-corrected chi connectivity index (χ0v) is 9.94. The second kappa shape index (κ2) is 10.3. The van der Waals surface area contributed by atoms with Crippen LogP contribution >= 0.6 is 11.8 Å². The molecule has 0 aromatic carbocycles. The fourth-order valence-corrected chi connectivity index (χ4v) is 1.64. The SMILES string of the molecule is CCOB([O-])F.CCOC1=[NH+]CCSC1. The van der Waals surface area contributed by atoms with Crippen molar-refractivity contribution in [3.8, 4) is 0 Å². The molecule has 0 radical (unpaired) electrons. The van der Waals surface area contributed by atoms with Gasteiger partial charge in [0.05, 0.1) is 12.4 Å². The molecule has 1 aliphatic heterocycles. The third-order valence-corrected chi connectivity index (χ3v) is 2.38. The zero-order valence-electron chi connectivity index (χ0n) is 9.12. The number of thioether (sulfide) groups is 1. The van der Waals surface area contributed by atoms with Crippen LogP contribution in [0.25, 0.3) is 0 Å². The Balaban J connectivity index is 0.000000288. The molecular formula is C8H17BFNO3S. The predicted molar refractivity (Wildman–Crippen MR) is 58.3 cm³/mol. The fourth-order valence-electron chi connectivity index (χ4n) is 0.876. The highest BCUT2D eigenvalue weighted by Crippen LogP contribution is 1.99. The summed E-state index contributed by atoms with van der Waals surface area (Å²) < 4.78 is 20.0. The lowest BCUT2D eigenvalue weighted by Gasteiger charge is -2.04.